The summed E-state index contributed by atoms with van der Waals surface area (Å²) >= 11 is 0. The average molecular weight is 549 g/mol. The highest BCUT2D eigenvalue weighted by Gasteiger charge is 2.17. The summed E-state index contributed by atoms with van der Waals surface area (Å²) in [6.07, 6.45) is 1.10. The van der Waals surface area contributed by atoms with Crippen molar-refractivity contribution in [3.8, 4) is 22.6 Å². The Kier molecular flexibility index (Phi) is 11.9. The van der Waals surface area contributed by atoms with Gasteiger partial charge >= 0.3 is 0 Å². The van der Waals surface area contributed by atoms with Crippen LogP contribution in [0.2, 0.25) is 0 Å². The lowest BCUT2D eigenvalue weighted by Gasteiger charge is -2.14. The third-order valence-electron chi connectivity index (χ3n) is 5.22. The van der Waals surface area contributed by atoms with E-state index in [-0.39, 0.29) is 18.0 Å². The number of sulfonamides is 1. The molecule has 3 aromatic rings. The van der Waals surface area contributed by atoms with E-state index >= 15 is 0 Å². The summed E-state index contributed by atoms with van der Waals surface area (Å²) < 4.78 is 36.4. The lowest BCUT2D eigenvalue weighted by Crippen LogP contribution is -2.29. The average Bonchev–Trinajstić information content (AvgIpc) is 2.87. The van der Waals surface area contributed by atoms with Gasteiger partial charge in [0.15, 0.2) is 0 Å². The van der Waals surface area contributed by atoms with E-state index in [1.807, 2.05) is 66.2 Å². The first-order chi connectivity index (χ1) is 17.3. The van der Waals surface area contributed by atoms with Gasteiger partial charge in [-0.05, 0) is 47.4 Å². The Morgan fingerprint density at radius 3 is 2.27 bits per heavy atom. The number of aliphatic hydroxyl groups excluding tert-OH is 1. The molecule has 0 radical (unpaired) electrons. The number of benzene rings is 3. The molecular formula is C27H33ClN2O6S. The summed E-state index contributed by atoms with van der Waals surface area (Å²) in [5.74, 6) is 0.291. The van der Waals surface area contributed by atoms with Crippen molar-refractivity contribution in [3.05, 3.63) is 83.9 Å². The minimum absolute atomic E-state index is 0. The summed E-state index contributed by atoms with van der Waals surface area (Å²) in [7, 11) is -3.69. The number of aliphatic hydroxyl groups is 1. The normalized spacial score (nSPS) is 11.8. The molecule has 200 valence electrons. The molecule has 0 aliphatic heterocycles. The van der Waals surface area contributed by atoms with E-state index in [0.29, 0.717) is 37.8 Å². The Morgan fingerprint density at radius 1 is 0.946 bits per heavy atom. The van der Waals surface area contributed by atoms with Gasteiger partial charge in [0.25, 0.3) is 5.91 Å². The number of carbonyl (C=O) groups is 1. The van der Waals surface area contributed by atoms with Crippen molar-refractivity contribution in [1.29, 1.82) is 0 Å². The quantitative estimate of drug-likeness (QED) is 0.277. The third kappa shape index (κ3) is 9.70. The van der Waals surface area contributed by atoms with Crippen LogP contribution in [0.25, 0.3) is 11.1 Å². The van der Waals surface area contributed by atoms with E-state index in [9.17, 15) is 18.3 Å². The molecule has 0 spiro atoms. The van der Waals surface area contributed by atoms with Crippen LogP contribution in [-0.4, -0.2) is 52.0 Å². The van der Waals surface area contributed by atoms with Crippen LogP contribution >= 0.6 is 12.4 Å². The van der Waals surface area contributed by atoms with Gasteiger partial charge in [-0.25, -0.2) is 13.1 Å². The summed E-state index contributed by atoms with van der Waals surface area (Å²) in [4.78, 5) is 12.4. The number of hydrogen-bond acceptors (Lipinski definition) is 7. The largest absolute Gasteiger partial charge is 0.493 e. The Balaban J connectivity index is 0.00000481. The molecular weight excluding hydrogens is 516 g/mol. The molecule has 3 rings (SSSR count). The third-order valence-corrected chi connectivity index (χ3v) is 5.78. The Hall–Kier alpha value is -3.11. The molecule has 8 nitrogen and oxygen atoms in total. The maximum Gasteiger partial charge on any atom is 0.268 e. The van der Waals surface area contributed by atoms with Crippen LogP contribution in [0.3, 0.4) is 0 Å². The van der Waals surface area contributed by atoms with Crippen LogP contribution in [0.1, 0.15) is 35.4 Å². The number of hydrogen-bond donors (Lipinski definition) is 3. The van der Waals surface area contributed by atoms with Gasteiger partial charge in [0.05, 0.1) is 24.5 Å². The van der Waals surface area contributed by atoms with Gasteiger partial charge in [0.2, 0.25) is 10.0 Å². The zero-order chi connectivity index (χ0) is 26.0. The molecule has 0 saturated carbocycles. The molecule has 0 aliphatic carbocycles. The predicted molar refractivity (Wildman–Crippen MR) is 147 cm³/mol. The van der Waals surface area contributed by atoms with Crippen molar-refractivity contribution in [2.75, 3.05) is 32.6 Å². The second-order valence-electron chi connectivity index (χ2n) is 8.27. The van der Waals surface area contributed by atoms with Crippen molar-refractivity contribution in [3.63, 3.8) is 0 Å². The Bertz CT molecular complexity index is 1240. The van der Waals surface area contributed by atoms with Crippen molar-refractivity contribution < 1.29 is 27.8 Å². The smallest absolute Gasteiger partial charge is 0.268 e. The standard InChI is InChI=1S/C27H32N2O6S.ClH/c1-3-16-35-26-18-22(11-14-24(26)27(31)29-36(2,32)33)20-9-12-23(13-10-20)34-17-15-28-19-25(30)21-7-5-4-6-8-21;/h4-14,18,25,28,30H,3,15-17,19H2,1-2H3,(H,29,31);1H/t25-;/m0./s1. The maximum absolute atomic E-state index is 12.4. The molecule has 37 heavy (non-hydrogen) atoms. The van der Waals surface area contributed by atoms with Gasteiger partial charge in [0.1, 0.15) is 18.1 Å². The van der Waals surface area contributed by atoms with E-state index in [1.165, 1.54) is 0 Å². The van der Waals surface area contributed by atoms with Gasteiger partial charge in [-0.1, -0.05) is 55.5 Å². The molecule has 0 bridgehead atoms. The highest BCUT2D eigenvalue weighted by molar-refractivity contribution is 7.89. The summed E-state index contributed by atoms with van der Waals surface area (Å²) in [6.45, 7) is 3.80. The number of halogens is 1. The molecule has 0 saturated heterocycles. The van der Waals surface area contributed by atoms with Gasteiger partial charge in [-0.2, -0.15) is 0 Å². The van der Waals surface area contributed by atoms with Crippen LogP contribution in [0.15, 0.2) is 72.8 Å². The first kappa shape index (κ1) is 30.1. The summed E-state index contributed by atoms with van der Waals surface area (Å²) in [6, 6.07) is 22.0. The topological polar surface area (TPSA) is 114 Å². The number of rotatable bonds is 13. The van der Waals surface area contributed by atoms with E-state index in [1.54, 1.807) is 18.2 Å². The zero-order valence-electron chi connectivity index (χ0n) is 20.8. The van der Waals surface area contributed by atoms with Crippen LogP contribution in [-0.2, 0) is 10.0 Å². The summed E-state index contributed by atoms with van der Waals surface area (Å²) in [5.41, 5.74) is 2.74. The van der Waals surface area contributed by atoms with Gasteiger partial charge in [-0.3, -0.25) is 4.79 Å². The predicted octanol–water partition coefficient (Wildman–Crippen LogP) is 3.96. The molecule has 3 N–H and O–H groups in total. The second-order valence-corrected chi connectivity index (χ2v) is 10.0. The lowest BCUT2D eigenvalue weighted by atomic mass is 10.0. The van der Waals surface area contributed by atoms with E-state index in [2.05, 4.69) is 5.32 Å². The van der Waals surface area contributed by atoms with Gasteiger partial charge in [0, 0.05) is 13.1 Å². The first-order valence-electron chi connectivity index (χ1n) is 11.7. The molecule has 0 heterocycles. The first-order valence-corrected chi connectivity index (χ1v) is 13.6. The number of carbonyl (C=O) groups excluding carboxylic acids is 1. The van der Waals surface area contributed by atoms with Crippen LogP contribution < -0.4 is 19.5 Å². The molecule has 1 atom stereocenters. The number of ether oxygens (including phenoxy) is 2. The molecule has 1 amide bonds. The fourth-order valence-electron chi connectivity index (χ4n) is 3.46. The highest BCUT2D eigenvalue weighted by atomic mass is 35.5. The molecule has 10 heteroatoms. The monoisotopic (exact) mass is 548 g/mol. The van der Waals surface area contributed by atoms with Gasteiger partial charge in [-0.15, -0.1) is 12.4 Å². The molecule has 0 unspecified atom stereocenters. The second kappa shape index (κ2) is 14.6. The molecule has 0 aliphatic rings. The SMILES string of the molecule is CCCOc1cc(-c2ccc(OCCNC[C@H](O)c3ccccc3)cc2)ccc1C(=O)NS(C)(=O)=O.Cl. The highest BCUT2D eigenvalue weighted by Crippen LogP contribution is 2.29. The zero-order valence-corrected chi connectivity index (χ0v) is 22.5. The van der Waals surface area contributed by atoms with Crippen molar-refractivity contribution in [1.82, 2.24) is 10.0 Å². The van der Waals surface area contributed by atoms with E-state index in [4.69, 9.17) is 9.47 Å². The Labute approximate surface area is 224 Å². The molecule has 0 fully saturated rings. The fraction of sp³-hybridized carbons (Fsp3) is 0.296. The summed E-state index contributed by atoms with van der Waals surface area (Å²) in [5, 5.41) is 13.4. The minimum Gasteiger partial charge on any atom is -0.493 e. The molecule has 3 aromatic carbocycles. The van der Waals surface area contributed by atoms with Crippen molar-refractivity contribution in [2.45, 2.75) is 19.4 Å². The van der Waals surface area contributed by atoms with Gasteiger partial charge < -0.3 is 19.9 Å². The maximum atomic E-state index is 12.4. The van der Waals surface area contributed by atoms with E-state index in [0.717, 1.165) is 29.4 Å². The fourth-order valence-corrected chi connectivity index (χ4v) is 3.91. The molecule has 0 aromatic heterocycles. The minimum atomic E-state index is -3.69. The van der Waals surface area contributed by atoms with Crippen LogP contribution in [0, 0.1) is 0 Å². The number of amides is 1. The van der Waals surface area contributed by atoms with Crippen molar-refractivity contribution in [2.24, 2.45) is 0 Å². The van der Waals surface area contributed by atoms with Crippen molar-refractivity contribution >= 4 is 28.3 Å². The van der Waals surface area contributed by atoms with Crippen LogP contribution in [0.5, 0.6) is 11.5 Å². The number of nitrogens with one attached hydrogen (secondary N) is 2. The Morgan fingerprint density at radius 2 is 1.62 bits per heavy atom. The lowest BCUT2D eigenvalue weighted by molar-refractivity contribution is 0.0977. The van der Waals surface area contributed by atoms with Crippen LogP contribution in [0.4, 0.5) is 0 Å². The van der Waals surface area contributed by atoms with E-state index < -0.39 is 22.0 Å².